The predicted octanol–water partition coefficient (Wildman–Crippen LogP) is 1.28. The van der Waals surface area contributed by atoms with E-state index in [1.54, 1.807) is 4.90 Å². The molecule has 1 aliphatic rings. The summed E-state index contributed by atoms with van der Waals surface area (Å²) in [5.74, 6) is 1.35. The van der Waals surface area contributed by atoms with E-state index in [0.717, 1.165) is 43.9 Å². The van der Waals surface area contributed by atoms with Crippen LogP contribution in [0.3, 0.4) is 0 Å². The van der Waals surface area contributed by atoms with Gasteiger partial charge in [0.25, 0.3) is 0 Å². The molecule has 1 fully saturated rings. The van der Waals surface area contributed by atoms with Crippen molar-refractivity contribution in [1.29, 1.82) is 0 Å². The first-order chi connectivity index (χ1) is 8.56. The first kappa shape index (κ1) is 13.1. The fourth-order valence-electron chi connectivity index (χ4n) is 2.41. The van der Waals surface area contributed by atoms with Crippen LogP contribution in [0, 0.1) is 12.8 Å². The lowest BCUT2D eigenvalue weighted by molar-refractivity contribution is -0.134. The van der Waals surface area contributed by atoms with Gasteiger partial charge in [0.2, 0.25) is 5.91 Å². The summed E-state index contributed by atoms with van der Waals surface area (Å²) in [4.78, 5) is 15.9. The Kier molecular flexibility index (Phi) is 4.01. The first-order valence-corrected chi connectivity index (χ1v) is 6.42. The number of hydrogen-bond donors (Lipinski definition) is 0. The smallest absolute Gasteiger partial charge is 0.225 e. The molecule has 1 aliphatic heterocycles. The normalized spacial score (nSPS) is 17.9. The topological polar surface area (TPSA) is 49.6 Å². The average molecular weight is 251 g/mol. The summed E-state index contributed by atoms with van der Waals surface area (Å²) >= 11 is 0. The van der Waals surface area contributed by atoms with Crippen LogP contribution in [-0.4, -0.2) is 48.0 Å². The summed E-state index contributed by atoms with van der Waals surface area (Å²) in [6.45, 7) is 4.62. The molecule has 0 bridgehead atoms. The van der Waals surface area contributed by atoms with Gasteiger partial charge in [-0.25, -0.2) is 0 Å². The van der Waals surface area contributed by atoms with Crippen molar-refractivity contribution in [1.82, 2.24) is 15.0 Å². The summed E-state index contributed by atoms with van der Waals surface area (Å²) in [6, 6.07) is 1.97. The van der Waals surface area contributed by atoms with E-state index in [2.05, 4.69) is 10.1 Å². The second-order valence-electron chi connectivity index (χ2n) is 5.22. The maximum Gasteiger partial charge on any atom is 0.225 e. The van der Waals surface area contributed by atoms with Crippen molar-refractivity contribution >= 4 is 5.91 Å². The molecule has 1 aromatic heterocycles. The van der Waals surface area contributed by atoms with Gasteiger partial charge >= 0.3 is 0 Å². The van der Waals surface area contributed by atoms with Crippen LogP contribution in [0.1, 0.15) is 24.3 Å². The Hall–Kier alpha value is -1.36. The Labute approximate surface area is 108 Å². The molecule has 0 radical (unpaired) electrons. The Morgan fingerprint density at radius 1 is 1.50 bits per heavy atom. The van der Waals surface area contributed by atoms with Crippen molar-refractivity contribution in [3.63, 3.8) is 0 Å². The summed E-state index contributed by atoms with van der Waals surface area (Å²) in [5.41, 5.74) is 0.919. The number of amides is 1. The lowest BCUT2D eigenvalue weighted by atomic mass is 9.95. The van der Waals surface area contributed by atoms with Crippen molar-refractivity contribution in [2.75, 3.05) is 27.2 Å². The highest BCUT2D eigenvalue weighted by Gasteiger charge is 2.26. The Balaban J connectivity index is 1.82. The van der Waals surface area contributed by atoms with E-state index >= 15 is 0 Å². The Morgan fingerprint density at radius 2 is 2.17 bits per heavy atom. The maximum absolute atomic E-state index is 11.8. The predicted molar refractivity (Wildman–Crippen MR) is 67.9 cm³/mol. The molecule has 0 saturated carbocycles. The standard InChI is InChI=1S/C13H21N3O2/c1-10-8-12(18-14-10)9-16-6-4-11(5-7-16)13(17)15(2)3/h8,11H,4-7,9H2,1-3H3. The minimum absolute atomic E-state index is 0.188. The molecule has 0 aliphatic carbocycles. The lowest BCUT2D eigenvalue weighted by Crippen LogP contribution is -2.39. The third-order valence-corrected chi connectivity index (χ3v) is 3.43. The zero-order valence-corrected chi connectivity index (χ0v) is 11.3. The number of piperidine rings is 1. The number of nitrogens with zero attached hydrogens (tertiary/aromatic N) is 3. The molecule has 0 N–H and O–H groups in total. The number of aryl methyl sites for hydroxylation is 1. The molecule has 0 spiro atoms. The fourth-order valence-corrected chi connectivity index (χ4v) is 2.41. The van der Waals surface area contributed by atoms with E-state index in [9.17, 15) is 4.79 Å². The van der Waals surface area contributed by atoms with Gasteiger partial charge in [-0.1, -0.05) is 5.16 Å². The van der Waals surface area contributed by atoms with Gasteiger partial charge in [-0.2, -0.15) is 0 Å². The van der Waals surface area contributed by atoms with Gasteiger partial charge in [-0.3, -0.25) is 9.69 Å². The maximum atomic E-state index is 11.8. The van der Waals surface area contributed by atoms with E-state index in [0.29, 0.717) is 0 Å². The molecule has 5 heteroatoms. The number of rotatable bonds is 3. The molecule has 1 aromatic rings. The van der Waals surface area contributed by atoms with Crippen molar-refractivity contribution in [3.8, 4) is 0 Å². The molecular formula is C13H21N3O2. The monoisotopic (exact) mass is 251 g/mol. The molecule has 2 rings (SSSR count). The van der Waals surface area contributed by atoms with Gasteiger partial charge in [0.05, 0.1) is 12.2 Å². The zero-order chi connectivity index (χ0) is 13.1. The minimum Gasteiger partial charge on any atom is -0.360 e. The van der Waals surface area contributed by atoms with Crippen molar-refractivity contribution in [3.05, 3.63) is 17.5 Å². The van der Waals surface area contributed by atoms with Crippen molar-refractivity contribution in [2.45, 2.75) is 26.3 Å². The highest BCUT2D eigenvalue weighted by Crippen LogP contribution is 2.20. The van der Waals surface area contributed by atoms with E-state index in [-0.39, 0.29) is 11.8 Å². The van der Waals surface area contributed by atoms with Gasteiger partial charge in [0.1, 0.15) is 0 Å². The number of carbonyl (C=O) groups is 1. The van der Waals surface area contributed by atoms with Gasteiger partial charge in [-0.15, -0.1) is 0 Å². The summed E-state index contributed by atoms with van der Waals surface area (Å²) in [7, 11) is 3.65. The number of hydrogen-bond acceptors (Lipinski definition) is 4. The molecule has 1 amide bonds. The number of carbonyl (C=O) groups excluding carboxylic acids is 1. The quantitative estimate of drug-likeness (QED) is 0.812. The minimum atomic E-state index is 0.188. The van der Waals surface area contributed by atoms with Gasteiger partial charge < -0.3 is 9.42 Å². The van der Waals surface area contributed by atoms with Crippen LogP contribution in [0.4, 0.5) is 0 Å². The van der Waals surface area contributed by atoms with Crippen LogP contribution >= 0.6 is 0 Å². The summed E-state index contributed by atoms with van der Waals surface area (Å²) in [5, 5.41) is 3.89. The van der Waals surface area contributed by atoms with E-state index in [4.69, 9.17) is 4.52 Å². The second-order valence-corrected chi connectivity index (χ2v) is 5.22. The molecule has 5 nitrogen and oxygen atoms in total. The molecule has 0 unspecified atom stereocenters. The highest BCUT2D eigenvalue weighted by atomic mass is 16.5. The third-order valence-electron chi connectivity index (χ3n) is 3.43. The van der Waals surface area contributed by atoms with Gasteiger partial charge in [0, 0.05) is 26.1 Å². The Bertz CT molecular complexity index is 406. The van der Waals surface area contributed by atoms with Crippen LogP contribution in [0.5, 0.6) is 0 Å². The summed E-state index contributed by atoms with van der Waals surface area (Å²) in [6.07, 6.45) is 1.87. The van der Waals surface area contributed by atoms with E-state index < -0.39 is 0 Å². The Morgan fingerprint density at radius 3 is 2.67 bits per heavy atom. The molecule has 0 atom stereocenters. The number of aromatic nitrogens is 1. The van der Waals surface area contributed by atoms with Crippen molar-refractivity contribution < 1.29 is 9.32 Å². The highest BCUT2D eigenvalue weighted by molar-refractivity contribution is 5.78. The van der Waals surface area contributed by atoms with Crippen molar-refractivity contribution in [2.24, 2.45) is 5.92 Å². The molecule has 100 valence electrons. The SMILES string of the molecule is Cc1cc(CN2CCC(C(=O)N(C)C)CC2)on1. The lowest BCUT2D eigenvalue weighted by Gasteiger charge is -2.31. The third kappa shape index (κ3) is 3.10. The second kappa shape index (κ2) is 5.52. The largest absolute Gasteiger partial charge is 0.360 e. The van der Waals surface area contributed by atoms with Crippen LogP contribution < -0.4 is 0 Å². The van der Waals surface area contributed by atoms with E-state index in [1.165, 1.54) is 0 Å². The number of likely N-dealkylation sites (tertiary alicyclic amines) is 1. The molecule has 18 heavy (non-hydrogen) atoms. The van der Waals surface area contributed by atoms with Gasteiger partial charge in [0.15, 0.2) is 5.76 Å². The van der Waals surface area contributed by atoms with E-state index in [1.807, 2.05) is 27.1 Å². The van der Waals surface area contributed by atoms with Crippen LogP contribution in [0.2, 0.25) is 0 Å². The van der Waals surface area contributed by atoms with Crippen LogP contribution in [0.25, 0.3) is 0 Å². The molecule has 2 heterocycles. The molecular weight excluding hydrogens is 230 g/mol. The van der Waals surface area contributed by atoms with Crippen LogP contribution in [-0.2, 0) is 11.3 Å². The first-order valence-electron chi connectivity index (χ1n) is 6.42. The zero-order valence-electron chi connectivity index (χ0n) is 11.3. The fraction of sp³-hybridized carbons (Fsp3) is 0.692. The molecule has 0 aromatic carbocycles. The van der Waals surface area contributed by atoms with Gasteiger partial charge in [-0.05, 0) is 32.9 Å². The average Bonchev–Trinajstić information content (AvgIpc) is 2.75. The van der Waals surface area contributed by atoms with Crippen LogP contribution in [0.15, 0.2) is 10.6 Å². The summed E-state index contributed by atoms with van der Waals surface area (Å²) < 4.78 is 5.21. The molecule has 1 saturated heterocycles.